The number of carbonyl (C=O) groups excluding carboxylic acids is 1. The number of hydrogen-bond acceptors (Lipinski definition) is 3. The van der Waals surface area contributed by atoms with Crippen LogP contribution in [0.25, 0.3) is 10.8 Å². The molecule has 0 unspecified atom stereocenters. The molecule has 28 heavy (non-hydrogen) atoms. The lowest BCUT2D eigenvalue weighted by molar-refractivity contribution is 0.0963. The third-order valence-corrected chi connectivity index (χ3v) is 4.92. The summed E-state index contributed by atoms with van der Waals surface area (Å²) in [5.74, 6) is 0.477. The molecule has 0 aliphatic carbocycles. The molecule has 0 spiro atoms. The van der Waals surface area contributed by atoms with Crippen LogP contribution in [-0.4, -0.2) is 49.2 Å². The monoisotopic (exact) mass is 496 g/mol. The van der Waals surface area contributed by atoms with Crippen LogP contribution in [0, 0.1) is 0 Å². The lowest BCUT2D eigenvalue weighted by atomic mass is 10.0. The number of piperidine rings is 1. The van der Waals surface area contributed by atoms with Gasteiger partial charge in [0, 0.05) is 25.7 Å². The summed E-state index contributed by atoms with van der Waals surface area (Å²) in [5.41, 5.74) is 7.34. The number of amides is 1. The summed E-state index contributed by atoms with van der Waals surface area (Å²) in [4.78, 5) is 18.0. The van der Waals surface area contributed by atoms with E-state index in [2.05, 4.69) is 52.8 Å². The van der Waals surface area contributed by atoms with Gasteiger partial charge < -0.3 is 20.7 Å². The molecule has 3 N–H and O–H groups in total. The van der Waals surface area contributed by atoms with E-state index in [4.69, 9.17) is 10.5 Å². The Morgan fingerprint density at radius 3 is 2.68 bits per heavy atom. The number of aliphatic imine (C=N–C) groups is 1. The maximum absolute atomic E-state index is 11.7. The van der Waals surface area contributed by atoms with Crippen molar-refractivity contribution >= 4 is 46.8 Å². The van der Waals surface area contributed by atoms with Gasteiger partial charge in [0.2, 0.25) is 0 Å². The standard InChI is InChI=1S/C21H28N4O2.HI/c1-2-27-21(26)25-14-11-18(12-15-25)24-20(22)23-13-10-17-8-5-7-16-6-3-4-9-19(16)17;/h3-9,18H,2,10-15H2,1H3,(H3,22,23,24);1H. The second-order valence-corrected chi connectivity index (χ2v) is 6.76. The van der Waals surface area contributed by atoms with E-state index in [0.717, 1.165) is 19.3 Å². The molecule has 1 heterocycles. The van der Waals surface area contributed by atoms with Crippen molar-refractivity contribution in [2.24, 2.45) is 10.7 Å². The van der Waals surface area contributed by atoms with Crippen LogP contribution in [0.1, 0.15) is 25.3 Å². The average Bonchev–Trinajstić information content (AvgIpc) is 2.69. The first-order valence-corrected chi connectivity index (χ1v) is 9.62. The molecule has 0 saturated carbocycles. The topological polar surface area (TPSA) is 80.0 Å². The number of halogens is 1. The van der Waals surface area contributed by atoms with Crippen LogP contribution in [0.4, 0.5) is 4.79 Å². The Morgan fingerprint density at radius 1 is 1.21 bits per heavy atom. The van der Waals surface area contributed by atoms with Gasteiger partial charge in [-0.1, -0.05) is 42.5 Å². The largest absolute Gasteiger partial charge is 0.450 e. The molecule has 1 aliphatic rings. The SMILES string of the molecule is CCOC(=O)N1CCC(NC(N)=NCCc2cccc3ccccc23)CC1.I. The number of fused-ring (bicyclic) bond motifs is 1. The average molecular weight is 496 g/mol. The summed E-state index contributed by atoms with van der Waals surface area (Å²) < 4.78 is 5.04. The van der Waals surface area contributed by atoms with Crippen molar-refractivity contribution in [3.05, 3.63) is 48.0 Å². The summed E-state index contributed by atoms with van der Waals surface area (Å²) in [6.07, 6.45) is 2.31. The van der Waals surface area contributed by atoms with Crippen LogP contribution in [0.5, 0.6) is 0 Å². The van der Waals surface area contributed by atoms with Crippen molar-refractivity contribution < 1.29 is 9.53 Å². The van der Waals surface area contributed by atoms with Gasteiger partial charge in [-0.05, 0) is 42.5 Å². The van der Waals surface area contributed by atoms with Gasteiger partial charge in [0.05, 0.1) is 6.61 Å². The number of carbonyl (C=O) groups is 1. The second-order valence-electron chi connectivity index (χ2n) is 6.76. The molecule has 0 radical (unpaired) electrons. The number of nitrogens with zero attached hydrogens (tertiary/aromatic N) is 2. The summed E-state index contributed by atoms with van der Waals surface area (Å²) in [5, 5.41) is 5.80. The van der Waals surface area contributed by atoms with Crippen molar-refractivity contribution in [2.45, 2.75) is 32.2 Å². The van der Waals surface area contributed by atoms with Gasteiger partial charge in [-0.25, -0.2) is 4.79 Å². The van der Waals surface area contributed by atoms with Gasteiger partial charge in [-0.15, -0.1) is 24.0 Å². The Kier molecular flexibility index (Phi) is 8.82. The fraction of sp³-hybridized carbons (Fsp3) is 0.429. The molecular formula is C21H29IN4O2. The summed E-state index contributed by atoms with van der Waals surface area (Å²) in [6, 6.07) is 15.0. The maximum Gasteiger partial charge on any atom is 0.409 e. The highest BCUT2D eigenvalue weighted by Crippen LogP contribution is 2.18. The zero-order valence-corrected chi connectivity index (χ0v) is 18.6. The number of ether oxygens (including phenoxy) is 1. The summed E-state index contributed by atoms with van der Waals surface area (Å²) in [6.45, 7) is 4.24. The predicted molar refractivity (Wildman–Crippen MR) is 124 cm³/mol. The number of rotatable bonds is 5. The fourth-order valence-corrected chi connectivity index (χ4v) is 3.48. The molecule has 0 atom stereocenters. The molecule has 152 valence electrons. The molecule has 6 nitrogen and oxygen atoms in total. The molecule has 0 bridgehead atoms. The summed E-state index contributed by atoms with van der Waals surface area (Å²) >= 11 is 0. The van der Waals surface area contributed by atoms with E-state index in [1.807, 2.05) is 6.92 Å². The minimum Gasteiger partial charge on any atom is -0.450 e. The van der Waals surface area contributed by atoms with Crippen LogP contribution >= 0.6 is 24.0 Å². The summed E-state index contributed by atoms with van der Waals surface area (Å²) in [7, 11) is 0. The number of nitrogens with two attached hydrogens (primary N) is 1. The van der Waals surface area contributed by atoms with Gasteiger partial charge >= 0.3 is 6.09 Å². The van der Waals surface area contributed by atoms with Crippen molar-refractivity contribution in [3.63, 3.8) is 0 Å². The zero-order chi connectivity index (χ0) is 19.1. The van der Waals surface area contributed by atoms with Crippen molar-refractivity contribution in [1.82, 2.24) is 10.2 Å². The van der Waals surface area contributed by atoms with Crippen molar-refractivity contribution in [2.75, 3.05) is 26.2 Å². The lowest BCUT2D eigenvalue weighted by Gasteiger charge is -2.31. The Balaban J connectivity index is 0.00000280. The maximum atomic E-state index is 11.7. The van der Waals surface area contributed by atoms with Gasteiger partial charge in [0.1, 0.15) is 0 Å². The van der Waals surface area contributed by atoms with E-state index in [-0.39, 0.29) is 36.1 Å². The molecule has 2 aromatic carbocycles. The first kappa shape index (κ1) is 22.3. The lowest BCUT2D eigenvalue weighted by Crippen LogP contribution is -2.48. The number of benzene rings is 2. The Morgan fingerprint density at radius 2 is 1.93 bits per heavy atom. The third kappa shape index (κ3) is 5.98. The Bertz CT molecular complexity index is 799. The van der Waals surface area contributed by atoms with E-state index in [9.17, 15) is 4.79 Å². The fourth-order valence-electron chi connectivity index (χ4n) is 3.48. The number of likely N-dealkylation sites (tertiary alicyclic amines) is 1. The first-order valence-electron chi connectivity index (χ1n) is 9.62. The third-order valence-electron chi connectivity index (χ3n) is 4.92. The Hall–Kier alpha value is -2.03. The van der Waals surface area contributed by atoms with E-state index in [0.29, 0.717) is 32.2 Å². The number of hydrogen-bond donors (Lipinski definition) is 2. The highest BCUT2D eigenvalue weighted by Gasteiger charge is 2.23. The van der Waals surface area contributed by atoms with E-state index < -0.39 is 0 Å². The zero-order valence-electron chi connectivity index (χ0n) is 16.3. The minimum atomic E-state index is -0.229. The molecule has 1 amide bonds. The van der Waals surface area contributed by atoms with Gasteiger partial charge in [0.25, 0.3) is 0 Å². The van der Waals surface area contributed by atoms with E-state index in [1.165, 1.54) is 16.3 Å². The molecule has 0 aromatic heterocycles. The van der Waals surface area contributed by atoms with Crippen LogP contribution in [0.3, 0.4) is 0 Å². The minimum absolute atomic E-state index is 0. The van der Waals surface area contributed by atoms with Crippen molar-refractivity contribution in [1.29, 1.82) is 0 Å². The van der Waals surface area contributed by atoms with Crippen LogP contribution in [0.2, 0.25) is 0 Å². The van der Waals surface area contributed by atoms with Crippen LogP contribution in [0.15, 0.2) is 47.5 Å². The van der Waals surface area contributed by atoms with Crippen molar-refractivity contribution in [3.8, 4) is 0 Å². The van der Waals surface area contributed by atoms with Gasteiger partial charge in [0.15, 0.2) is 5.96 Å². The van der Waals surface area contributed by atoms with Crippen LogP contribution in [-0.2, 0) is 11.2 Å². The first-order chi connectivity index (χ1) is 13.2. The smallest absolute Gasteiger partial charge is 0.409 e. The van der Waals surface area contributed by atoms with E-state index >= 15 is 0 Å². The molecule has 3 rings (SSSR count). The highest BCUT2D eigenvalue weighted by molar-refractivity contribution is 14.0. The van der Waals surface area contributed by atoms with Gasteiger partial charge in [-0.2, -0.15) is 0 Å². The molecule has 1 aliphatic heterocycles. The molecule has 1 fully saturated rings. The quantitative estimate of drug-likeness (QED) is 0.377. The Labute approximate surface area is 183 Å². The highest BCUT2D eigenvalue weighted by atomic mass is 127. The van der Waals surface area contributed by atoms with Gasteiger partial charge in [-0.3, -0.25) is 4.99 Å². The normalized spacial score (nSPS) is 15.2. The molecule has 1 saturated heterocycles. The molecule has 7 heteroatoms. The number of nitrogens with one attached hydrogen (secondary N) is 1. The van der Waals surface area contributed by atoms with Crippen LogP contribution < -0.4 is 11.1 Å². The molecular weight excluding hydrogens is 467 g/mol. The molecule has 2 aromatic rings. The van der Waals surface area contributed by atoms with E-state index in [1.54, 1.807) is 4.90 Å². The second kappa shape index (κ2) is 11.1. The predicted octanol–water partition coefficient (Wildman–Crippen LogP) is 3.53. The number of guanidine groups is 1.